The van der Waals surface area contributed by atoms with E-state index in [4.69, 9.17) is 16.3 Å². The smallest absolute Gasteiger partial charge is 0.119 e. The Morgan fingerprint density at radius 3 is 2.55 bits per heavy atom. The molecule has 0 fully saturated rings. The second-order valence-electron chi connectivity index (χ2n) is 4.98. The summed E-state index contributed by atoms with van der Waals surface area (Å²) in [6, 6.07) is 12.3. The Labute approximate surface area is 134 Å². The summed E-state index contributed by atoms with van der Waals surface area (Å²) < 4.78 is 5.26. The normalized spacial score (nSPS) is 12.2. The van der Waals surface area contributed by atoms with Gasteiger partial charge in [-0.05, 0) is 60.7 Å². The molecule has 0 spiro atoms. The lowest BCUT2D eigenvalue weighted by Gasteiger charge is -2.15. The molecular formula is C17H18BrClO. The quantitative estimate of drug-likeness (QED) is 0.646. The lowest BCUT2D eigenvalue weighted by atomic mass is 10.00. The Bertz CT molecular complexity index is 610. The first-order valence-corrected chi connectivity index (χ1v) is 7.84. The first-order valence-electron chi connectivity index (χ1n) is 6.55. The number of benzene rings is 2. The number of alkyl halides is 1. The van der Waals surface area contributed by atoms with E-state index in [1.807, 2.05) is 18.2 Å². The van der Waals surface area contributed by atoms with E-state index in [1.54, 1.807) is 7.11 Å². The number of aryl methyl sites for hydroxylation is 2. The average molecular weight is 354 g/mol. The van der Waals surface area contributed by atoms with Crippen molar-refractivity contribution in [3.05, 3.63) is 63.7 Å². The van der Waals surface area contributed by atoms with Crippen LogP contribution < -0.4 is 4.74 Å². The standard InChI is InChI=1S/C17H18BrClO/c1-11-7-15(17(19)8-12(11)2)16(18)10-13-5-4-6-14(9-13)20-3/h4-9,16H,10H2,1-3H3. The summed E-state index contributed by atoms with van der Waals surface area (Å²) in [5.74, 6) is 0.883. The summed E-state index contributed by atoms with van der Waals surface area (Å²) >= 11 is 10.1. The van der Waals surface area contributed by atoms with E-state index in [9.17, 15) is 0 Å². The largest absolute Gasteiger partial charge is 0.497 e. The van der Waals surface area contributed by atoms with E-state index in [1.165, 1.54) is 16.7 Å². The van der Waals surface area contributed by atoms with E-state index in [0.29, 0.717) is 0 Å². The Hall–Kier alpha value is -0.990. The maximum absolute atomic E-state index is 6.37. The van der Waals surface area contributed by atoms with Crippen LogP contribution in [0.15, 0.2) is 36.4 Å². The molecule has 20 heavy (non-hydrogen) atoms. The fourth-order valence-electron chi connectivity index (χ4n) is 2.16. The molecule has 0 aliphatic rings. The fraction of sp³-hybridized carbons (Fsp3) is 0.294. The van der Waals surface area contributed by atoms with E-state index in [0.717, 1.165) is 22.8 Å². The molecule has 2 aromatic rings. The minimum Gasteiger partial charge on any atom is -0.497 e. The molecular weight excluding hydrogens is 336 g/mol. The van der Waals surface area contributed by atoms with Gasteiger partial charge >= 0.3 is 0 Å². The monoisotopic (exact) mass is 352 g/mol. The van der Waals surface area contributed by atoms with Gasteiger partial charge < -0.3 is 4.74 Å². The highest BCUT2D eigenvalue weighted by Gasteiger charge is 2.14. The third-order valence-corrected chi connectivity index (χ3v) is 4.64. The molecule has 1 unspecified atom stereocenters. The van der Waals surface area contributed by atoms with Gasteiger partial charge in [-0.1, -0.05) is 45.7 Å². The number of hydrogen-bond donors (Lipinski definition) is 0. The summed E-state index contributed by atoms with van der Waals surface area (Å²) in [6.45, 7) is 4.19. The Morgan fingerprint density at radius 1 is 1.15 bits per heavy atom. The minimum atomic E-state index is 0.196. The third kappa shape index (κ3) is 3.56. The first-order chi connectivity index (χ1) is 9.51. The maximum Gasteiger partial charge on any atom is 0.119 e. The van der Waals surface area contributed by atoms with Crippen LogP contribution >= 0.6 is 27.5 Å². The lowest BCUT2D eigenvalue weighted by Crippen LogP contribution is -1.98. The number of ether oxygens (including phenoxy) is 1. The first kappa shape index (κ1) is 15.4. The topological polar surface area (TPSA) is 9.23 Å². The van der Waals surface area contributed by atoms with Gasteiger partial charge in [0.25, 0.3) is 0 Å². The second kappa shape index (κ2) is 6.64. The summed E-state index contributed by atoms with van der Waals surface area (Å²) in [5.41, 5.74) is 4.84. The molecule has 1 nitrogen and oxygen atoms in total. The van der Waals surface area contributed by atoms with Crippen molar-refractivity contribution in [2.45, 2.75) is 25.1 Å². The van der Waals surface area contributed by atoms with Crippen LogP contribution in [0.1, 0.15) is 27.1 Å². The number of rotatable bonds is 4. The van der Waals surface area contributed by atoms with E-state index in [2.05, 4.69) is 48.0 Å². The van der Waals surface area contributed by atoms with Gasteiger partial charge in [-0.3, -0.25) is 0 Å². The van der Waals surface area contributed by atoms with E-state index >= 15 is 0 Å². The molecule has 1 atom stereocenters. The molecule has 3 heteroatoms. The highest BCUT2D eigenvalue weighted by molar-refractivity contribution is 9.09. The van der Waals surface area contributed by atoms with Crippen LogP contribution in [-0.4, -0.2) is 7.11 Å². The highest BCUT2D eigenvalue weighted by atomic mass is 79.9. The molecule has 2 rings (SSSR count). The van der Waals surface area contributed by atoms with Crippen molar-refractivity contribution in [2.24, 2.45) is 0 Å². The lowest BCUT2D eigenvalue weighted by molar-refractivity contribution is 0.414. The number of halogens is 2. The third-order valence-electron chi connectivity index (χ3n) is 3.50. The van der Waals surface area contributed by atoms with Gasteiger partial charge in [0, 0.05) is 9.85 Å². The second-order valence-corrected chi connectivity index (χ2v) is 6.49. The van der Waals surface area contributed by atoms with Crippen LogP contribution in [0, 0.1) is 13.8 Å². The highest BCUT2D eigenvalue weighted by Crippen LogP contribution is 2.34. The summed E-state index contributed by atoms with van der Waals surface area (Å²) in [6.07, 6.45) is 0.874. The molecule has 0 amide bonds. The predicted molar refractivity (Wildman–Crippen MR) is 89.3 cm³/mol. The van der Waals surface area contributed by atoms with Crippen LogP contribution in [0.5, 0.6) is 5.75 Å². The molecule has 106 valence electrons. The minimum absolute atomic E-state index is 0.196. The summed E-state index contributed by atoms with van der Waals surface area (Å²) in [4.78, 5) is 0.196. The van der Waals surface area contributed by atoms with Crippen molar-refractivity contribution in [3.8, 4) is 5.75 Å². The van der Waals surface area contributed by atoms with Crippen molar-refractivity contribution in [1.29, 1.82) is 0 Å². The molecule has 0 bridgehead atoms. The van der Waals surface area contributed by atoms with Crippen molar-refractivity contribution >= 4 is 27.5 Å². The van der Waals surface area contributed by atoms with Crippen molar-refractivity contribution in [1.82, 2.24) is 0 Å². The van der Waals surface area contributed by atoms with Gasteiger partial charge in [-0.25, -0.2) is 0 Å². The zero-order valence-electron chi connectivity index (χ0n) is 11.9. The molecule has 0 radical (unpaired) electrons. The molecule has 0 saturated carbocycles. The van der Waals surface area contributed by atoms with E-state index in [-0.39, 0.29) is 4.83 Å². The Kier molecular flexibility index (Phi) is 5.11. The average Bonchev–Trinajstić information content (AvgIpc) is 2.43. The van der Waals surface area contributed by atoms with Crippen LogP contribution in [0.25, 0.3) is 0 Å². The van der Waals surface area contributed by atoms with Crippen LogP contribution in [0.4, 0.5) is 0 Å². The van der Waals surface area contributed by atoms with Crippen molar-refractivity contribution in [2.75, 3.05) is 7.11 Å². The summed E-state index contributed by atoms with van der Waals surface area (Å²) in [5, 5.41) is 0.817. The van der Waals surface area contributed by atoms with Gasteiger partial charge in [0.2, 0.25) is 0 Å². The Morgan fingerprint density at radius 2 is 1.85 bits per heavy atom. The van der Waals surface area contributed by atoms with Crippen molar-refractivity contribution in [3.63, 3.8) is 0 Å². The van der Waals surface area contributed by atoms with Crippen LogP contribution in [0.3, 0.4) is 0 Å². The van der Waals surface area contributed by atoms with Gasteiger partial charge in [0.05, 0.1) is 7.11 Å². The Balaban J connectivity index is 2.23. The van der Waals surface area contributed by atoms with Crippen molar-refractivity contribution < 1.29 is 4.74 Å². The molecule has 0 saturated heterocycles. The van der Waals surface area contributed by atoms with Gasteiger partial charge in [-0.2, -0.15) is 0 Å². The predicted octanol–water partition coefficient (Wildman–Crippen LogP) is 5.64. The van der Waals surface area contributed by atoms with Gasteiger partial charge in [0.15, 0.2) is 0 Å². The summed E-state index contributed by atoms with van der Waals surface area (Å²) in [7, 11) is 1.69. The molecule has 0 N–H and O–H groups in total. The fourth-order valence-corrected chi connectivity index (χ4v) is 3.39. The molecule has 0 aliphatic heterocycles. The van der Waals surface area contributed by atoms with Gasteiger partial charge in [-0.15, -0.1) is 0 Å². The SMILES string of the molecule is COc1cccc(CC(Br)c2cc(C)c(C)cc2Cl)c1. The number of hydrogen-bond acceptors (Lipinski definition) is 1. The zero-order valence-corrected chi connectivity index (χ0v) is 14.3. The molecule has 0 aromatic heterocycles. The van der Waals surface area contributed by atoms with Gasteiger partial charge in [0.1, 0.15) is 5.75 Å². The zero-order chi connectivity index (χ0) is 14.7. The van der Waals surface area contributed by atoms with Crippen LogP contribution in [0.2, 0.25) is 5.02 Å². The van der Waals surface area contributed by atoms with E-state index < -0.39 is 0 Å². The molecule has 0 heterocycles. The maximum atomic E-state index is 6.37. The number of methoxy groups -OCH3 is 1. The molecule has 0 aliphatic carbocycles. The molecule has 2 aromatic carbocycles. The van der Waals surface area contributed by atoms with Crippen LogP contribution in [-0.2, 0) is 6.42 Å².